The van der Waals surface area contributed by atoms with E-state index in [0.717, 1.165) is 45.1 Å². The zero-order valence-corrected chi connectivity index (χ0v) is 17.1. The number of hydrogen-bond donors (Lipinski definition) is 1. The van der Waals surface area contributed by atoms with Crippen LogP contribution in [0.4, 0.5) is 5.69 Å². The molecule has 4 rings (SSSR count). The lowest BCUT2D eigenvalue weighted by Crippen LogP contribution is -2.16. The number of imidazole rings is 1. The van der Waals surface area contributed by atoms with Crippen molar-refractivity contribution in [2.75, 3.05) is 5.32 Å². The van der Waals surface area contributed by atoms with Crippen LogP contribution in [0, 0.1) is 13.8 Å². The van der Waals surface area contributed by atoms with E-state index < -0.39 is 0 Å². The summed E-state index contributed by atoms with van der Waals surface area (Å²) in [6, 6.07) is 14.5. The van der Waals surface area contributed by atoms with Gasteiger partial charge in [-0.15, -0.1) is 11.3 Å². The van der Waals surface area contributed by atoms with Crippen molar-refractivity contribution >= 4 is 27.9 Å². The van der Waals surface area contributed by atoms with E-state index >= 15 is 0 Å². The predicted octanol–water partition coefficient (Wildman–Crippen LogP) is 5.42. The van der Waals surface area contributed by atoms with Gasteiger partial charge in [-0.3, -0.25) is 9.20 Å². The fourth-order valence-corrected chi connectivity index (χ4v) is 4.24. The number of nitrogens with zero attached hydrogens (tertiary/aromatic N) is 2. The first-order valence-electron chi connectivity index (χ1n) is 9.46. The topological polar surface area (TPSA) is 46.4 Å². The molecule has 1 amide bonds. The minimum absolute atomic E-state index is 0.0142. The maximum absolute atomic E-state index is 12.6. The van der Waals surface area contributed by atoms with Crippen molar-refractivity contribution in [2.24, 2.45) is 0 Å². The van der Waals surface area contributed by atoms with Gasteiger partial charge in [0.15, 0.2) is 4.96 Å². The summed E-state index contributed by atoms with van der Waals surface area (Å²) in [6.45, 7) is 6.17. The van der Waals surface area contributed by atoms with Gasteiger partial charge in [0.2, 0.25) is 5.91 Å². The average molecular weight is 390 g/mol. The molecule has 2 aromatic carbocycles. The highest BCUT2D eigenvalue weighted by Crippen LogP contribution is 2.25. The number of carbonyl (C=O) groups is 1. The largest absolute Gasteiger partial charge is 0.325 e. The second kappa shape index (κ2) is 7.60. The highest BCUT2D eigenvalue weighted by atomic mass is 32.1. The van der Waals surface area contributed by atoms with E-state index in [1.165, 1.54) is 5.56 Å². The SMILES string of the molecule is CCc1ccc(-c2cn3c(CC(=O)Nc4c(C)cccc4C)csc3n2)cc1. The lowest BCUT2D eigenvalue weighted by Gasteiger charge is -2.11. The number of para-hydroxylation sites is 1. The molecule has 4 aromatic rings. The number of fused-ring (bicyclic) bond motifs is 1. The van der Waals surface area contributed by atoms with Crippen molar-refractivity contribution in [2.45, 2.75) is 33.6 Å². The molecule has 0 radical (unpaired) electrons. The minimum Gasteiger partial charge on any atom is -0.325 e. The maximum Gasteiger partial charge on any atom is 0.230 e. The van der Waals surface area contributed by atoms with Gasteiger partial charge >= 0.3 is 0 Å². The lowest BCUT2D eigenvalue weighted by atomic mass is 10.1. The summed E-state index contributed by atoms with van der Waals surface area (Å²) >= 11 is 1.56. The first-order valence-corrected chi connectivity index (χ1v) is 10.3. The predicted molar refractivity (Wildman–Crippen MR) is 116 cm³/mol. The number of thiazole rings is 1. The van der Waals surface area contributed by atoms with Crippen LogP contribution < -0.4 is 5.32 Å². The zero-order chi connectivity index (χ0) is 19.7. The third-order valence-electron chi connectivity index (χ3n) is 5.03. The van der Waals surface area contributed by atoms with E-state index in [9.17, 15) is 4.79 Å². The Morgan fingerprint density at radius 2 is 1.82 bits per heavy atom. The molecule has 4 nitrogen and oxygen atoms in total. The van der Waals surface area contributed by atoms with E-state index in [4.69, 9.17) is 4.98 Å². The highest BCUT2D eigenvalue weighted by Gasteiger charge is 2.14. The van der Waals surface area contributed by atoms with Crippen LogP contribution in [0.5, 0.6) is 0 Å². The van der Waals surface area contributed by atoms with Crippen molar-refractivity contribution in [1.29, 1.82) is 0 Å². The van der Waals surface area contributed by atoms with Crippen molar-refractivity contribution in [3.63, 3.8) is 0 Å². The smallest absolute Gasteiger partial charge is 0.230 e. The second-order valence-corrected chi connectivity index (χ2v) is 7.88. The van der Waals surface area contributed by atoms with Crippen molar-refractivity contribution in [1.82, 2.24) is 9.38 Å². The molecular formula is C23H23N3OS. The summed E-state index contributed by atoms with van der Waals surface area (Å²) < 4.78 is 2.03. The Kier molecular flexibility index (Phi) is 5.01. The summed E-state index contributed by atoms with van der Waals surface area (Å²) in [5, 5.41) is 5.08. The van der Waals surface area contributed by atoms with E-state index in [1.54, 1.807) is 11.3 Å². The van der Waals surface area contributed by atoms with Crippen molar-refractivity contribution < 1.29 is 4.79 Å². The summed E-state index contributed by atoms with van der Waals surface area (Å²) in [7, 11) is 0. The number of carbonyl (C=O) groups excluding carboxylic acids is 1. The van der Waals surface area contributed by atoms with E-state index in [-0.39, 0.29) is 5.91 Å². The van der Waals surface area contributed by atoms with E-state index in [2.05, 4.69) is 36.5 Å². The van der Waals surface area contributed by atoms with Gasteiger partial charge in [0.05, 0.1) is 12.1 Å². The monoisotopic (exact) mass is 389 g/mol. The molecule has 0 bridgehead atoms. The molecule has 0 saturated heterocycles. The minimum atomic E-state index is -0.0142. The fourth-order valence-electron chi connectivity index (χ4n) is 3.37. The summed E-state index contributed by atoms with van der Waals surface area (Å²) in [5.41, 5.74) is 7.35. The Hall–Kier alpha value is -2.92. The molecule has 0 aliphatic rings. The van der Waals surface area contributed by atoms with Gasteiger partial charge in [-0.1, -0.05) is 49.4 Å². The molecule has 0 spiro atoms. The molecule has 2 heterocycles. The van der Waals surface area contributed by atoms with Crippen LogP contribution in [-0.4, -0.2) is 15.3 Å². The molecule has 1 N–H and O–H groups in total. The number of rotatable bonds is 5. The van der Waals surface area contributed by atoms with Crippen LogP contribution in [-0.2, 0) is 17.6 Å². The number of hydrogen-bond acceptors (Lipinski definition) is 3. The molecule has 142 valence electrons. The molecule has 0 aliphatic heterocycles. The van der Waals surface area contributed by atoms with Gasteiger partial charge in [-0.2, -0.15) is 0 Å². The quantitative estimate of drug-likeness (QED) is 0.495. The first-order chi connectivity index (χ1) is 13.5. The summed E-state index contributed by atoms with van der Waals surface area (Å²) in [5.74, 6) is -0.0142. The highest BCUT2D eigenvalue weighted by molar-refractivity contribution is 7.15. The van der Waals surface area contributed by atoms with Gasteiger partial charge in [0.1, 0.15) is 0 Å². The normalized spacial score (nSPS) is 11.1. The number of benzene rings is 2. The Morgan fingerprint density at radius 3 is 2.50 bits per heavy atom. The van der Waals surface area contributed by atoms with Crippen LogP contribution in [0.25, 0.3) is 16.2 Å². The van der Waals surface area contributed by atoms with Crippen LogP contribution in [0.3, 0.4) is 0 Å². The number of aromatic nitrogens is 2. The van der Waals surface area contributed by atoms with E-state index in [1.807, 2.05) is 48.0 Å². The molecule has 0 fully saturated rings. The van der Waals surface area contributed by atoms with Crippen LogP contribution in [0.15, 0.2) is 54.0 Å². The second-order valence-electron chi connectivity index (χ2n) is 7.05. The Morgan fingerprint density at radius 1 is 1.11 bits per heavy atom. The molecule has 0 atom stereocenters. The van der Waals surface area contributed by atoms with Gasteiger partial charge in [0.25, 0.3) is 0 Å². The molecule has 28 heavy (non-hydrogen) atoms. The van der Waals surface area contributed by atoms with Crippen molar-refractivity contribution in [3.05, 3.63) is 76.4 Å². The zero-order valence-electron chi connectivity index (χ0n) is 16.3. The Bertz CT molecular complexity index is 1120. The third kappa shape index (κ3) is 3.58. The fraction of sp³-hybridized carbons (Fsp3) is 0.217. The Balaban J connectivity index is 1.56. The van der Waals surface area contributed by atoms with Crippen LogP contribution in [0.1, 0.15) is 29.3 Å². The van der Waals surface area contributed by atoms with E-state index in [0.29, 0.717) is 6.42 Å². The van der Waals surface area contributed by atoms with Crippen LogP contribution in [0.2, 0.25) is 0 Å². The molecule has 0 aliphatic carbocycles. The number of anilines is 1. The van der Waals surface area contributed by atoms with Crippen molar-refractivity contribution in [3.8, 4) is 11.3 Å². The van der Waals surface area contributed by atoms with Gasteiger partial charge in [-0.25, -0.2) is 4.98 Å². The van der Waals surface area contributed by atoms with Gasteiger partial charge in [0, 0.05) is 28.5 Å². The third-order valence-corrected chi connectivity index (χ3v) is 5.92. The van der Waals surface area contributed by atoms with Crippen LogP contribution >= 0.6 is 11.3 Å². The lowest BCUT2D eigenvalue weighted by molar-refractivity contribution is -0.115. The molecule has 5 heteroatoms. The molecule has 2 aromatic heterocycles. The molecule has 0 unspecified atom stereocenters. The standard InChI is InChI=1S/C23H23N3OS/c1-4-17-8-10-18(11-9-17)20-13-26-19(14-28-23(26)24-20)12-21(27)25-22-15(2)6-5-7-16(22)3/h5-11,13-14H,4,12H2,1-3H3,(H,25,27). The molecular weight excluding hydrogens is 366 g/mol. The number of nitrogens with one attached hydrogen (secondary N) is 1. The number of aryl methyl sites for hydroxylation is 3. The average Bonchev–Trinajstić information content (AvgIpc) is 3.27. The maximum atomic E-state index is 12.6. The first kappa shape index (κ1) is 18.4. The van der Waals surface area contributed by atoms with Gasteiger partial charge in [-0.05, 0) is 37.0 Å². The molecule has 0 saturated carbocycles. The summed E-state index contributed by atoms with van der Waals surface area (Å²) in [6.07, 6.45) is 3.37. The number of amides is 1. The van der Waals surface area contributed by atoms with Gasteiger partial charge < -0.3 is 5.32 Å². The summed E-state index contributed by atoms with van der Waals surface area (Å²) in [4.78, 5) is 18.3. The Labute approximate surface area is 168 Å².